The number of carbonyl (C=O) groups is 1. The minimum Gasteiger partial charge on any atom is -0.481 e. The Bertz CT molecular complexity index is 333. The molecule has 1 aromatic rings. The van der Waals surface area contributed by atoms with E-state index >= 15 is 0 Å². The first-order chi connectivity index (χ1) is 6.94. The van der Waals surface area contributed by atoms with E-state index in [2.05, 4.69) is 25.2 Å². The van der Waals surface area contributed by atoms with Gasteiger partial charge in [0, 0.05) is 6.42 Å². The minimum atomic E-state index is -1.63. The highest BCUT2D eigenvalue weighted by atomic mass is 28.3. The van der Waals surface area contributed by atoms with Crippen LogP contribution in [0.4, 0.5) is 0 Å². The molecule has 0 aliphatic heterocycles. The van der Waals surface area contributed by atoms with Gasteiger partial charge in [0.15, 0.2) is 0 Å². The molecule has 3 heteroatoms. The molecule has 15 heavy (non-hydrogen) atoms. The Morgan fingerprint density at radius 2 is 1.87 bits per heavy atom. The summed E-state index contributed by atoms with van der Waals surface area (Å²) in [6.45, 7) is 6.51. The molecule has 0 heterocycles. The van der Waals surface area contributed by atoms with E-state index in [1.165, 1.54) is 5.19 Å². The summed E-state index contributed by atoms with van der Waals surface area (Å²) in [5, 5.41) is 10.1. The van der Waals surface area contributed by atoms with Crippen LogP contribution in [0.2, 0.25) is 18.6 Å². The van der Waals surface area contributed by atoms with E-state index in [1.807, 2.05) is 25.1 Å². The van der Waals surface area contributed by atoms with Crippen molar-refractivity contribution in [3.05, 3.63) is 30.3 Å². The first kappa shape index (κ1) is 12.0. The third-order valence-electron chi connectivity index (χ3n) is 3.23. The van der Waals surface area contributed by atoms with Crippen LogP contribution in [0.3, 0.4) is 0 Å². The fourth-order valence-corrected chi connectivity index (χ4v) is 3.97. The molecule has 0 aliphatic rings. The van der Waals surface area contributed by atoms with Gasteiger partial charge in [-0.3, -0.25) is 4.79 Å². The van der Waals surface area contributed by atoms with Crippen molar-refractivity contribution in [2.45, 2.75) is 32.0 Å². The van der Waals surface area contributed by atoms with Crippen molar-refractivity contribution in [2.75, 3.05) is 0 Å². The Labute approximate surface area is 92.0 Å². The van der Waals surface area contributed by atoms with E-state index in [0.29, 0.717) is 0 Å². The van der Waals surface area contributed by atoms with E-state index in [4.69, 9.17) is 5.11 Å². The Morgan fingerprint density at radius 1 is 1.33 bits per heavy atom. The standard InChI is InChI=1S/C12H18O2Si/c1-10(9-12(13)14)15(2,3)11-7-5-4-6-8-11/h4-8,10H,9H2,1-3H3,(H,13,14). The first-order valence-electron chi connectivity index (χ1n) is 5.22. The van der Waals surface area contributed by atoms with Crippen molar-refractivity contribution in [1.29, 1.82) is 0 Å². The molecule has 0 aromatic heterocycles. The van der Waals surface area contributed by atoms with Crippen LogP contribution in [0.5, 0.6) is 0 Å². The van der Waals surface area contributed by atoms with Gasteiger partial charge in [-0.05, 0) is 5.54 Å². The molecule has 1 unspecified atom stereocenters. The zero-order chi connectivity index (χ0) is 11.5. The SMILES string of the molecule is CC(CC(=O)O)[Si](C)(C)c1ccccc1. The molecule has 0 saturated heterocycles. The molecule has 1 N–H and O–H groups in total. The van der Waals surface area contributed by atoms with E-state index < -0.39 is 14.0 Å². The molecule has 0 bridgehead atoms. The zero-order valence-corrected chi connectivity index (χ0v) is 10.5. The smallest absolute Gasteiger partial charge is 0.303 e. The maximum Gasteiger partial charge on any atom is 0.303 e. The van der Waals surface area contributed by atoms with Crippen LogP contribution < -0.4 is 5.19 Å². The number of aliphatic carboxylic acids is 1. The summed E-state index contributed by atoms with van der Waals surface area (Å²) < 4.78 is 0. The second kappa shape index (κ2) is 4.62. The molecule has 0 fully saturated rings. The largest absolute Gasteiger partial charge is 0.481 e. The number of hydrogen-bond donors (Lipinski definition) is 1. The quantitative estimate of drug-likeness (QED) is 0.795. The predicted octanol–water partition coefficient (Wildman–Crippen LogP) is 2.47. The summed E-state index contributed by atoms with van der Waals surface area (Å²) in [6.07, 6.45) is 0.272. The molecular formula is C12H18O2Si. The third-order valence-corrected chi connectivity index (χ3v) is 7.72. The Balaban J connectivity index is 2.87. The second-order valence-corrected chi connectivity index (χ2v) is 9.59. The monoisotopic (exact) mass is 222 g/mol. The summed E-state index contributed by atoms with van der Waals surface area (Å²) in [6, 6.07) is 10.3. The van der Waals surface area contributed by atoms with E-state index in [1.54, 1.807) is 0 Å². The number of carboxylic acid groups (broad SMARTS) is 1. The lowest BCUT2D eigenvalue weighted by atomic mass is 10.3. The Hall–Kier alpha value is -1.09. The molecule has 0 amide bonds. The molecule has 0 saturated carbocycles. The summed E-state index contributed by atoms with van der Waals surface area (Å²) in [7, 11) is -1.63. The average molecular weight is 222 g/mol. The van der Waals surface area contributed by atoms with Crippen molar-refractivity contribution in [3.63, 3.8) is 0 Å². The summed E-state index contributed by atoms with van der Waals surface area (Å²) in [4.78, 5) is 10.7. The van der Waals surface area contributed by atoms with Crippen LogP contribution in [-0.2, 0) is 4.79 Å². The highest BCUT2D eigenvalue weighted by Gasteiger charge is 2.31. The summed E-state index contributed by atoms with van der Waals surface area (Å²) >= 11 is 0. The van der Waals surface area contributed by atoms with E-state index in [-0.39, 0.29) is 12.0 Å². The summed E-state index contributed by atoms with van der Waals surface area (Å²) in [5.74, 6) is -0.695. The van der Waals surface area contributed by atoms with Gasteiger partial charge in [-0.25, -0.2) is 0 Å². The summed E-state index contributed by atoms with van der Waals surface area (Å²) in [5.41, 5.74) is 0.261. The van der Waals surface area contributed by atoms with Crippen molar-refractivity contribution in [3.8, 4) is 0 Å². The van der Waals surface area contributed by atoms with Crippen molar-refractivity contribution < 1.29 is 9.90 Å². The normalized spacial score (nSPS) is 13.5. The van der Waals surface area contributed by atoms with Crippen LogP contribution in [0, 0.1) is 0 Å². The van der Waals surface area contributed by atoms with Gasteiger partial charge >= 0.3 is 5.97 Å². The highest BCUT2D eigenvalue weighted by Crippen LogP contribution is 2.24. The minimum absolute atomic E-state index is 0.261. The van der Waals surface area contributed by atoms with Crippen LogP contribution in [-0.4, -0.2) is 19.1 Å². The van der Waals surface area contributed by atoms with Gasteiger partial charge in [-0.2, -0.15) is 0 Å². The van der Waals surface area contributed by atoms with Crippen LogP contribution in [0.15, 0.2) is 30.3 Å². The maximum atomic E-state index is 10.7. The highest BCUT2D eigenvalue weighted by molar-refractivity contribution is 6.91. The Morgan fingerprint density at radius 3 is 2.33 bits per heavy atom. The molecule has 1 atom stereocenters. The third kappa shape index (κ3) is 2.93. The molecule has 1 rings (SSSR count). The van der Waals surface area contributed by atoms with Gasteiger partial charge in [0.2, 0.25) is 0 Å². The molecule has 0 aliphatic carbocycles. The Kier molecular flexibility index (Phi) is 3.69. The zero-order valence-electron chi connectivity index (χ0n) is 9.53. The molecular weight excluding hydrogens is 204 g/mol. The second-order valence-electron chi connectivity index (χ2n) is 4.59. The molecule has 0 radical (unpaired) electrons. The molecule has 0 spiro atoms. The van der Waals surface area contributed by atoms with Crippen LogP contribution in [0.1, 0.15) is 13.3 Å². The lowest BCUT2D eigenvalue weighted by molar-refractivity contribution is -0.137. The van der Waals surface area contributed by atoms with Crippen molar-refractivity contribution >= 4 is 19.2 Å². The molecule has 2 nitrogen and oxygen atoms in total. The number of carboxylic acids is 1. The van der Waals surface area contributed by atoms with Crippen molar-refractivity contribution in [1.82, 2.24) is 0 Å². The lowest BCUT2D eigenvalue weighted by Gasteiger charge is -2.29. The number of hydrogen-bond acceptors (Lipinski definition) is 1. The fraction of sp³-hybridized carbons (Fsp3) is 0.417. The van der Waals surface area contributed by atoms with Crippen molar-refractivity contribution in [2.24, 2.45) is 0 Å². The van der Waals surface area contributed by atoms with Crippen LogP contribution in [0.25, 0.3) is 0 Å². The van der Waals surface area contributed by atoms with Gasteiger partial charge < -0.3 is 5.11 Å². The van der Waals surface area contributed by atoms with Crippen LogP contribution >= 0.6 is 0 Å². The molecule has 1 aromatic carbocycles. The maximum absolute atomic E-state index is 10.7. The topological polar surface area (TPSA) is 37.3 Å². The molecule has 82 valence electrons. The van der Waals surface area contributed by atoms with Gasteiger partial charge in [-0.15, -0.1) is 0 Å². The van der Waals surface area contributed by atoms with Gasteiger partial charge in [0.05, 0.1) is 8.07 Å². The first-order valence-corrected chi connectivity index (χ1v) is 8.29. The van der Waals surface area contributed by atoms with Gasteiger partial charge in [0.25, 0.3) is 0 Å². The van der Waals surface area contributed by atoms with Gasteiger partial charge in [0.1, 0.15) is 0 Å². The fourth-order valence-electron chi connectivity index (χ4n) is 1.67. The van der Waals surface area contributed by atoms with E-state index in [0.717, 1.165) is 0 Å². The number of benzene rings is 1. The van der Waals surface area contributed by atoms with Gasteiger partial charge in [-0.1, -0.05) is 55.5 Å². The van der Waals surface area contributed by atoms with E-state index in [9.17, 15) is 4.79 Å². The number of rotatable bonds is 4. The predicted molar refractivity (Wildman–Crippen MR) is 65.2 cm³/mol. The average Bonchev–Trinajstić information content (AvgIpc) is 2.18. The lowest BCUT2D eigenvalue weighted by Crippen LogP contribution is -2.45.